The van der Waals surface area contributed by atoms with Gasteiger partial charge in [-0.2, -0.15) is 8.42 Å². The zero-order valence-electron chi connectivity index (χ0n) is 8.42. The molecule has 0 aromatic rings. The monoisotopic (exact) mass is 245 g/mol. The third-order valence-electron chi connectivity index (χ3n) is 2.06. The highest BCUT2D eigenvalue weighted by molar-refractivity contribution is 7.85. The largest absolute Gasteiger partial charge is 0.388 e. The molecule has 1 aliphatic heterocycles. The predicted molar refractivity (Wildman–Crippen MR) is 45.3 cm³/mol. The van der Waals surface area contributed by atoms with Crippen LogP contribution in [0.15, 0.2) is 0 Å². The van der Waals surface area contributed by atoms with E-state index in [2.05, 4.69) is 9.29 Å². The van der Waals surface area contributed by atoms with Crippen molar-refractivity contribution >= 4 is 10.1 Å². The van der Waals surface area contributed by atoms with Gasteiger partial charge in [0.15, 0.2) is 6.29 Å². The fraction of sp³-hybridized carbons (Fsp3) is 1.00. The second kappa shape index (κ2) is 4.29. The summed E-state index contributed by atoms with van der Waals surface area (Å²) in [6.07, 6.45) is -8.48. The van der Waals surface area contributed by atoms with Gasteiger partial charge >= 0.3 is 0 Å². The van der Waals surface area contributed by atoms with E-state index in [4.69, 9.17) is 11.6 Å². The van der Waals surface area contributed by atoms with E-state index in [9.17, 15) is 18.6 Å². The Morgan fingerprint density at radius 1 is 1.13 bits per heavy atom. The number of hydrogen-bond acceptors (Lipinski definition) is 8. The maximum absolute atomic E-state index is 10.9. The molecule has 0 bridgehead atoms. The molecule has 1 rings (SSSR count). The lowest BCUT2D eigenvalue weighted by atomic mass is 10.0. The fourth-order valence-corrected chi connectivity index (χ4v) is 1.95. The first-order chi connectivity index (χ1) is 7.28. The van der Waals surface area contributed by atoms with Crippen LogP contribution < -0.4 is 0 Å². The van der Waals surface area contributed by atoms with Crippen LogP contribution in [0.25, 0.3) is 1.43 Å². The quantitative estimate of drug-likeness (QED) is 0.325. The average molecular weight is 245 g/mol. The Balaban J connectivity index is 2.75. The van der Waals surface area contributed by atoms with Gasteiger partial charge in [0.2, 0.25) is 1.43 Å². The van der Waals surface area contributed by atoms with Crippen LogP contribution in [0.4, 0.5) is 0 Å². The molecule has 1 aliphatic rings. The van der Waals surface area contributed by atoms with Gasteiger partial charge < -0.3 is 25.2 Å². The van der Waals surface area contributed by atoms with Crippen LogP contribution >= 0.6 is 0 Å². The predicted octanol–water partition coefficient (Wildman–Crippen LogP) is -3.33. The summed E-state index contributed by atoms with van der Waals surface area (Å²) in [6.45, 7) is 0. The Kier molecular flexibility index (Phi) is 3.21. The number of aliphatic hydroxyl groups is 4. The van der Waals surface area contributed by atoms with Crippen LogP contribution in [0.2, 0.25) is 0 Å². The van der Waals surface area contributed by atoms with E-state index < -0.39 is 46.6 Å². The number of aliphatic hydroxyl groups excluding tert-OH is 4. The standard InChI is InChI=1S/C6H12O8S/c7-3-2(1-15(11,12)13)14-6(10)5(9)4(3)8/h2-10H,1H2,(H,11,12,13)/t2-,3-,4+,5-,6?/m1/s1/i/hD. The molecule has 0 radical (unpaired) electrons. The summed E-state index contributed by atoms with van der Waals surface area (Å²) in [4.78, 5) is 0. The van der Waals surface area contributed by atoms with Crippen molar-refractivity contribution in [1.29, 1.82) is 1.43 Å². The number of ether oxygens (including phenoxy) is 1. The second-order valence-corrected chi connectivity index (χ2v) is 4.71. The molecule has 0 aromatic heterocycles. The zero-order chi connectivity index (χ0) is 12.5. The van der Waals surface area contributed by atoms with Gasteiger partial charge in [-0.05, 0) is 0 Å². The molecule has 1 heterocycles. The van der Waals surface area contributed by atoms with E-state index in [0.717, 1.165) is 0 Å². The molecule has 0 amide bonds. The molecule has 1 fully saturated rings. The van der Waals surface area contributed by atoms with Crippen molar-refractivity contribution in [2.75, 3.05) is 5.75 Å². The van der Waals surface area contributed by atoms with Crippen LogP contribution in [-0.4, -0.2) is 69.9 Å². The van der Waals surface area contributed by atoms with Crippen LogP contribution in [0, 0.1) is 0 Å². The lowest BCUT2D eigenvalue weighted by Gasteiger charge is -2.37. The van der Waals surface area contributed by atoms with Gasteiger partial charge in [0.1, 0.15) is 30.2 Å². The molecule has 90 valence electrons. The Hall–Kier alpha value is -0.290. The third kappa shape index (κ3) is 3.08. The van der Waals surface area contributed by atoms with Crippen molar-refractivity contribution in [3.63, 3.8) is 0 Å². The summed E-state index contributed by atoms with van der Waals surface area (Å²) in [5.74, 6) is -0.918. The highest BCUT2D eigenvalue weighted by Gasteiger charge is 2.44. The molecule has 9 heteroatoms. The normalized spacial score (nSPS) is 43.7. The maximum atomic E-state index is 10.9. The topological polar surface area (TPSA) is 145 Å². The van der Waals surface area contributed by atoms with E-state index in [1.165, 1.54) is 0 Å². The summed E-state index contributed by atoms with van der Waals surface area (Å²) >= 11 is 0. The van der Waals surface area contributed by atoms with E-state index in [1.54, 1.807) is 0 Å². The second-order valence-electron chi connectivity index (χ2n) is 3.26. The van der Waals surface area contributed by atoms with E-state index in [1.807, 2.05) is 0 Å². The van der Waals surface area contributed by atoms with Crippen molar-refractivity contribution in [3.8, 4) is 0 Å². The molecule has 0 saturated carbocycles. The molecule has 5 N–H and O–H groups in total. The van der Waals surface area contributed by atoms with E-state index >= 15 is 0 Å². The smallest absolute Gasteiger partial charge is 0.267 e. The molecule has 8 nitrogen and oxygen atoms in total. The van der Waals surface area contributed by atoms with Crippen LogP contribution in [0.1, 0.15) is 0 Å². The van der Waals surface area contributed by atoms with Gasteiger partial charge in [0.25, 0.3) is 10.1 Å². The van der Waals surface area contributed by atoms with E-state index in [-0.39, 0.29) is 0 Å². The van der Waals surface area contributed by atoms with Crippen LogP contribution in [0.3, 0.4) is 0 Å². The average Bonchev–Trinajstić information content (AvgIpc) is 2.22. The van der Waals surface area contributed by atoms with Gasteiger partial charge in [0.05, 0.1) is 0 Å². The highest BCUT2D eigenvalue weighted by atomic mass is 32.2. The van der Waals surface area contributed by atoms with Crippen molar-refractivity contribution in [2.45, 2.75) is 30.7 Å². The van der Waals surface area contributed by atoms with Crippen molar-refractivity contribution in [3.05, 3.63) is 0 Å². The maximum Gasteiger partial charge on any atom is 0.267 e. The molecular formula is C6H12O8S. The van der Waals surface area contributed by atoms with Crippen molar-refractivity contribution in [1.82, 2.24) is 0 Å². The molecule has 0 spiro atoms. The lowest BCUT2D eigenvalue weighted by molar-refractivity contribution is -0.276. The first-order valence-corrected chi connectivity index (χ1v) is 5.61. The summed E-state index contributed by atoms with van der Waals surface area (Å²) in [5, 5.41) is 36.8. The Labute approximate surface area is 87.0 Å². The van der Waals surface area contributed by atoms with E-state index in [0.29, 0.717) is 0 Å². The van der Waals surface area contributed by atoms with Crippen LogP contribution in [0.5, 0.6) is 0 Å². The molecule has 0 aromatic carbocycles. The van der Waals surface area contributed by atoms with Crippen molar-refractivity contribution in [2.24, 2.45) is 0 Å². The molecule has 0 aliphatic carbocycles. The Morgan fingerprint density at radius 2 is 1.73 bits per heavy atom. The summed E-state index contributed by atoms with van der Waals surface area (Å²) < 4.78 is 36.0. The minimum absolute atomic E-state index is 0.918. The van der Waals surface area contributed by atoms with Gasteiger partial charge in [-0.1, -0.05) is 0 Å². The minimum atomic E-state index is -4.24. The zero-order valence-corrected chi connectivity index (χ0v) is 8.24. The first-order valence-electron chi connectivity index (χ1n) is 4.44. The third-order valence-corrected chi connectivity index (χ3v) is 2.79. The molecule has 5 atom stereocenters. The van der Waals surface area contributed by atoms with Crippen LogP contribution in [-0.2, 0) is 14.9 Å². The van der Waals surface area contributed by atoms with Gasteiger partial charge in [0, 0.05) is 0 Å². The van der Waals surface area contributed by atoms with Gasteiger partial charge in [-0.15, -0.1) is 0 Å². The van der Waals surface area contributed by atoms with Gasteiger partial charge in [-0.3, -0.25) is 4.56 Å². The number of rotatable bonds is 3. The molecule has 1 saturated heterocycles. The van der Waals surface area contributed by atoms with Gasteiger partial charge in [-0.25, -0.2) is 0 Å². The summed E-state index contributed by atoms with van der Waals surface area (Å²) in [6, 6.07) is 0. The molecule has 1 unspecified atom stereocenters. The summed E-state index contributed by atoms with van der Waals surface area (Å²) in [7, 11) is -4.24. The molecule has 15 heavy (non-hydrogen) atoms. The first kappa shape index (κ1) is 11.2. The SMILES string of the molecule is [2H]OS(=O)(=O)C[C@H]1OC(O)[C@H](O)[C@@H](O)[C@@H]1O. The fourth-order valence-electron chi connectivity index (χ4n) is 1.27. The minimum Gasteiger partial charge on any atom is -0.388 e. The highest BCUT2D eigenvalue weighted by Crippen LogP contribution is 2.20. The molecular weight excluding hydrogens is 232 g/mol. The van der Waals surface area contributed by atoms with Crippen molar-refractivity contribution < 1.29 is 38.1 Å². The summed E-state index contributed by atoms with van der Waals surface area (Å²) in [5.41, 5.74) is 0. The lowest BCUT2D eigenvalue weighted by Crippen LogP contribution is -2.59. The number of hydrogen-bond donors (Lipinski definition) is 5. The Bertz CT molecular complexity index is 331. The Morgan fingerprint density at radius 3 is 2.27 bits per heavy atom.